The predicted molar refractivity (Wildman–Crippen MR) is 79.6 cm³/mol. The van der Waals surface area contributed by atoms with Crippen LogP contribution in [-0.4, -0.2) is 14.5 Å². The lowest BCUT2D eigenvalue weighted by atomic mass is 10.1. The molecule has 20 heavy (non-hydrogen) atoms. The van der Waals surface area contributed by atoms with Gasteiger partial charge in [-0.2, -0.15) is 0 Å². The molecule has 0 atom stereocenters. The summed E-state index contributed by atoms with van der Waals surface area (Å²) in [5.74, 6) is -0.556. The lowest BCUT2D eigenvalue weighted by Gasteiger charge is -2.10. The molecule has 1 aromatic heterocycles. The van der Waals surface area contributed by atoms with Gasteiger partial charge in [0.2, 0.25) is 0 Å². The van der Waals surface area contributed by atoms with Crippen molar-refractivity contribution in [2.75, 3.05) is 0 Å². The van der Waals surface area contributed by atoms with Gasteiger partial charge in [0, 0.05) is 31.5 Å². The number of nitrogens with two attached hydrogens (primary N) is 1. The lowest BCUT2D eigenvalue weighted by Crippen LogP contribution is -2.14. The Morgan fingerprint density at radius 1 is 1.35 bits per heavy atom. The molecule has 0 aliphatic heterocycles. The Bertz CT molecular complexity index is 649. The first-order valence-corrected chi connectivity index (χ1v) is 6.91. The number of rotatable bonds is 5. The molecule has 0 saturated carbocycles. The topological polar surface area (TPSA) is 43.8 Å². The fourth-order valence-electron chi connectivity index (χ4n) is 2.16. The van der Waals surface area contributed by atoms with E-state index in [0.717, 1.165) is 18.3 Å². The minimum absolute atomic E-state index is 0.393. The number of aryl methyl sites for hydroxylation is 1. The Balaban J connectivity index is 2.52. The maximum Gasteiger partial charge on any atom is 0.161 e. The normalized spacial score (nSPS) is 11.4. The molecular weight excluding hydrogens is 280 g/mol. The second kappa shape index (κ2) is 5.83. The Kier molecular flexibility index (Phi) is 4.32. The van der Waals surface area contributed by atoms with Gasteiger partial charge >= 0.3 is 0 Å². The molecule has 0 bridgehead atoms. The molecule has 3 nitrogen and oxygen atoms in total. The van der Waals surface area contributed by atoms with Crippen molar-refractivity contribution in [2.24, 2.45) is 11.7 Å². The zero-order chi connectivity index (χ0) is 14.9. The number of nitrogens with zero attached hydrogens (tertiary/aromatic N) is 2. The lowest BCUT2D eigenvalue weighted by molar-refractivity contribution is 0.510. The third-order valence-electron chi connectivity index (χ3n) is 3.04. The van der Waals surface area contributed by atoms with E-state index in [1.165, 1.54) is 6.07 Å². The molecule has 0 spiro atoms. The standard InChI is InChI=1S/C14H17F2N3S/c1-8(2)5-14-18-11-6-9(15)10(16)7-12(11)19(14)4-3-13(17)20/h6-8H,3-5H2,1-2H3,(H2,17,20). The number of fused-ring (bicyclic) bond motifs is 1. The van der Waals surface area contributed by atoms with E-state index in [2.05, 4.69) is 18.8 Å². The van der Waals surface area contributed by atoms with Gasteiger partial charge in [0.1, 0.15) is 5.82 Å². The van der Waals surface area contributed by atoms with Crippen molar-refractivity contribution in [3.8, 4) is 0 Å². The minimum Gasteiger partial charge on any atom is -0.393 e. The maximum atomic E-state index is 13.4. The molecule has 0 radical (unpaired) electrons. The minimum atomic E-state index is -0.882. The molecule has 0 aliphatic rings. The van der Waals surface area contributed by atoms with Crippen LogP contribution in [0.1, 0.15) is 26.1 Å². The van der Waals surface area contributed by atoms with Gasteiger partial charge in [-0.05, 0) is 5.92 Å². The van der Waals surface area contributed by atoms with Gasteiger partial charge < -0.3 is 10.3 Å². The van der Waals surface area contributed by atoms with Crippen LogP contribution in [0.25, 0.3) is 11.0 Å². The second-order valence-electron chi connectivity index (χ2n) is 5.25. The maximum absolute atomic E-state index is 13.4. The highest BCUT2D eigenvalue weighted by Gasteiger charge is 2.15. The van der Waals surface area contributed by atoms with Crippen molar-refractivity contribution in [1.82, 2.24) is 9.55 Å². The third kappa shape index (κ3) is 3.12. The summed E-state index contributed by atoms with van der Waals surface area (Å²) in [6, 6.07) is 2.31. The summed E-state index contributed by atoms with van der Waals surface area (Å²) < 4.78 is 28.6. The molecule has 2 rings (SSSR count). The van der Waals surface area contributed by atoms with E-state index in [9.17, 15) is 8.78 Å². The van der Waals surface area contributed by atoms with Gasteiger partial charge in [-0.3, -0.25) is 0 Å². The van der Waals surface area contributed by atoms with Crippen molar-refractivity contribution < 1.29 is 8.78 Å². The fourth-order valence-corrected chi connectivity index (χ4v) is 2.25. The number of hydrogen-bond acceptors (Lipinski definition) is 2. The molecule has 0 saturated heterocycles. The Hall–Kier alpha value is -1.56. The smallest absolute Gasteiger partial charge is 0.161 e. The first-order chi connectivity index (χ1) is 9.38. The van der Waals surface area contributed by atoms with Crippen molar-refractivity contribution >= 4 is 28.2 Å². The Morgan fingerprint density at radius 2 is 2.00 bits per heavy atom. The van der Waals surface area contributed by atoms with Crippen LogP contribution in [0.15, 0.2) is 12.1 Å². The zero-order valence-corrected chi connectivity index (χ0v) is 12.3. The van der Waals surface area contributed by atoms with E-state index in [4.69, 9.17) is 18.0 Å². The Morgan fingerprint density at radius 3 is 2.60 bits per heavy atom. The number of thiocarbonyl (C=S) groups is 1. The van der Waals surface area contributed by atoms with Gasteiger partial charge in [0.05, 0.1) is 16.0 Å². The van der Waals surface area contributed by atoms with E-state index in [1.807, 2.05) is 4.57 Å². The highest BCUT2D eigenvalue weighted by molar-refractivity contribution is 7.80. The summed E-state index contributed by atoms with van der Waals surface area (Å²) in [6.07, 6.45) is 1.24. The predicted octanol–water partition coefficient (Wildman–Crippen LogP) is 3.19. The summed E-state index contributed by atoms with van der Waals surface area (Å²) >= 11 is 4.88. The van der Waals surface area contributed by atoms with E-state index >= 15 is 0 Å². The summed E-state index contributed by atoms with van der Waals surface area (Å²) in [6.45, 7) is 4.66. The molecule has 2 N–H and O–H groups in total. The van der Waals surface area contributed by atoms with Gasteiger partial charge in [0.15, 0.2) is 11.6 Å². The molecule has 6 heteroatoms. The van der Waals surface area contributed by atoms with Gasteiger partial charge in [-0.15, -0.1) is 0 Å². The number of hydrogen-bond donors (Lipinski definition) is 1. The van der Waals surface area contributed by atoms with Crippen LogP contribution in [0.2, 0.25) is 0 Å². The highest BCUT2D eigenvalue weighted by Crippen LogP contribution is 2.22. The molecular formula is C14H17F2N3S. The van der Waals surface area contributed by atoms with Gasteiger partial charge in [0.25, 0.3) is 0 Å². The number of benzene rings is 1. The molecule has 0 fully saturated rings. The van der Waals surface area contributed by atoms with Crippen molar-refractivity contribution in [1.29, 1.82) is 0 Å². The van der Waals surface area contributed by atoms with Crippen LogP contribution < -0.4 is 5.73 Å². The average molecular weight is 297 g/mol. The third-order valence-corrected chi connectivity index (χ3v) is 3.25. The number of imidazole rings is 1. The van der Waals surface area contributed by atoms with E-state index in [1.54, 1.807) is 0 Å². The SMILES string of the molecule is CC(C)Cc1nc2cc(F)c(F)cc2n1CCC(N)=S. The monoisotopic (exact) mass is 297 g/mol. The van der Waals surface area contributed by atoms with Crippen molar-refractivity contribution in [3.63, 3.8) is 0 Å². The molecule has 0 unspecified atom stereocenters. The first kappa shape index (κ1) is 14.8. The summed E-state index contributed by atoms with van der Waals surface area (Å²) in [5, 5.41) is 0. The molecule has 108 valence electrons. The van der Waals surface area contributed by atoms with Crippen molar-refractivity contribution in [2.45, 2.75) is 33.2 Å². The molecule has 1 heterocycles. The van der Waals surface area contributed by atoms with Gasteiger partial charge in [-0.25, -0.2) is 13.8 Å². The second-order valence-corrected chi connectivity index (χ2v) is 5.77. The van der Waals surface area contributed by atoms with E-state index in [0.29, 0.717) is 34.9 Å². The summed E-state index contributed by atoms with van der Waals surface area (Å²) in [5.41, 5.74) is 6.56. The van der Waals surface area contributed by atoms with Crippen LogP contribution >= 0.6 is 12.2 Å². The number of aromatic nitrogens is 2. The molecule has 2 aromatic rings. The fraction of sp³-hybridized carbons (Fsp3) is 0.429. The van der Waals surface area contributed by atoms with Crippen LogP contribution in [0.5, 0.6) is 0 Å². The average Bonchev–Trinajstić information content (AvgIpc) is 2.63. The molecule has 1 aromatic carbocycles. The molecule has 0 amide bonds. The Labute approximate surface area is 121 Å². The van der Waals surface area contributed by atoms with E-state index < -0.39 is 11.6 Å². The highest BCUT2D eigenvalue weighted by atomic mass is 32.1. The largest absolute Gasteiger partial charge is 0.393 e. The first-order valence-electron chi connectivity index (χ1n) is 6.51. The quantitative estimate of drug-likeness (QED) is 0.862. The van der Waals surface area contributed by atoms with E-state index in [-0.39, 0.29) is 0 Å². The van der Waals surface area contributed by atoms with Crippen LogP contribution in [0, 0.1) is 17.6 Å². The molecule has 0 aliphatic carbocycles. The summed E-state index contributed by atoms with van der Waals surface area (Å²) in [7, 11) is 0. The summed E-state index contributed by atoms with van der Waals surface area (Å²) in [4.78, 5) is 4.80. The van der Waals surface area contributed by atoms with Gasteiger partial charge in [-0.1, -0.05) is 26.1 Å². The zero-order valence-electron chi connectivity index (χ0n) is 11.5. The van der Waals surface area contributed by atoms with Crippen molar-refractivity contribution in [3.05, 3.63) is 29.6 Å². The van der Waals surface area contributed by atoms with Crippen LogP contribution in [0.3, 0.4) is 0 Å². The van der Waals surface area contributed by atoms with Crippen LogP contribution in [0.4, 0.5) is 8.78 Å². The van der Waals surface area contributed by atoms with Crippen LogP contribution in [-0.2, 0) is 13.0 Å². The number of halogens is 2.